The summed E-state index contributed by atoms with van der Waals surface area (Å²) < 4.78 is 5.28. The van der Waals surface area contributed by atoms with E-state index in [0.717, 1.165) is 0 Å². The van der Waals surface area contributed by atoms with E-state index < -0.39 is 17.6 Å². The Hall–Kier alpha value is -3.13. The van der Waals surface area contributed by atoms with Gasteiger partial charge in [-0.2, -0.15) is 5.26 Å². The second-order valence-corrected chi connectivity index (χ2v) is 4.60. The number of allylic oxidation sites excluding steroid dienone is 1. The van der Waals surface area contributed by atoms with Crippen LogP contribution in [0, 0.1) is 24.2 Å². The highest BCUT2D eigenvalue weighted by Crippen LogP contribution is 2.11. The normalized spacial score (nSPS) is 11.8. The number of furan rings is 1. The van der Waals surface area contributed by atoms with Crippen LogP contribution in [-0.4, -0.2) is 11.7 Å². The summed E-state index contributed by atoms with van der Waals surface area (Å²) in [5.41, 5.74) is 0.534. The van der Waals surface area contributed by atoms with E-state index in [9.17, 15) is 9.59 Å². The molecule has 0 saturated carbocycles. The van der Waals surface area contributed by atoms with E-state index in [1.807, 2.05) is 0 Å². The van der Waals surface area contributed by atoms with Crippen LogP contribution in [0.2, 0.25) is 0 Å². The number of carbonyl (C=O) groups is 2. The van der Waals surface area contributed by atoms with Crippen LogP contribution in [0.1, 0.15) is 11.5 Å². The molecule has 0 bridgehead atoms. The van der Waals surface area contributed by atoms with Crippen LogP contribution in [0.25, 0.3) is 6.08 Å². The number of benzene rings is 1. The zero-order chi connectivity index (χ0) is 15.9. The fourth-order valence-electron chi connectivity index (χ4n) is 1.79. The van der Waals surface area contributed by atoms with Gasteiger partial charge in [0.1, 0.15) is 11.5 Å². The number of anilines is 1. The maximum atomic E-state index is 12.0. The third kappa shape index (κ3) is 3.93. The minimum atomic E-state index is -1.40. The predicted molar refractivity (Wildman–Crippen MR) is 81.7 cm³/mol. The molecule has 110 valence electrons. The Morgan fingerprint density at radius 1 is 1.23 bits per heavy atom. The lowest BCUT2D eigenvalue weighted by Crippen LogP contribution is -2.27. The molecule has 22 heavy (non-hydrogen) atoms. The molecule has 1 N–H and O–H groups in total. The lowest BCUT2D eigenvalue weighted by Gasteiger charge is -2.07. The quantitative estimate of drug-likeness (QED) is 0.679. The molecule has 0 aliphatic heterocycles. The molecule has 5 heteroatoms. The van der Waals surface area contributed by atoms with Crippen molar-refractivity contribution in [3.63, 3.8) is 0 Å². The van der Waals surface area contributed by atoms with E-state index in [4.69, 9.17) is 9.68 Å². The SMILES string of the molecule is Cc1ccc(/C=C/C(=O)C(C#N)C(=O)Nc2ccccc2)o1. The Morgan fingerprint density at radius 3 is 2.55 bits per heavy atom. The van der Waals surface area contributed by atoms with Gasteiger partial charge in [-0.3, -0.25) is 9.59 Å². The maximum absolute atomic E-state index is 12.0. The topological polar surface area (TPSA) is 83.1 Å². The number of para-hydroxylation sites is 1. The molecule has 1 unspecified atom stereocenters. The Balaban J connectivity index is 2.04. The van der Waals surface area contributed by atoms with Crippen LogP contribution < -0.4 is 5.32 Å². The molecule has 0 fully saturated rings. The van der Waals surface area contributed by atoms with Crippen molar-refractivity contribution in [1.29, 1.82) is 5.26 Å². The fraction of sp³-hybridized carbons (Fsp3) is 0.118. The Bertz CT molecular complexity index is 739. The lowest BCUT2D eigenvalue weighted by molar-refractivity contribution is -0.126. The summed E-state index contributed by atoms with van der Waals surface area (Å²) >= 11 is 0. The number of carbonyl (C=O) groups excluding carboxylic acids is 2. The summed E-state index contributed by atoms with van der Waals surface area (Å²) in [5, 5.41) is 11.6. The molecule has 0 saturated heterocycles. The highest BCUT2D eigenvalue weighted by atomic mass is 16.3. The second kappa shape index (κ2) is 7.04. The predicted octanol–water partition coefficient (Wildman–Crippen LogP) is 2.95. The molecule has 2 rings (SSSR count). The van der Waals surface area contributed by atoms with Crippen LogP contribution >= 0.6 is 0 Å². The molecular formula is C17H14N2O3. The van der Waals surface area contributed by atoms with E-state index in [1.54, 1.807) is 55.5 Å². The van der Waals surface area contributed by atoms with Crippen molar-refractivity contribution in [3.8, 4) is 6.07 Å². The van der Waals surface area contributed by atoms with Gasteiger partial charge in [0, 0.05) is 5.69 Å². The number of nitrogens with one attached hydrogen (secondary N) is 1. The van der Waals surface area contributed by atoms with Crippen LogP contribution in [0.4, 0.5) is 5.69 Å². The van der Waals surface area contributed by atoms with Crippen molar-refractivity contribution < 1.29 is 14.0 Å². The number of hydrogen-bond acceptors (Lipinski definition) is 4. The van der Waals surface area contributed by atoms with Crippen molar-refractivity contribution in [1.82, 2.24) is 0 Å². The van der Waals surface area contributed by atoms with Crippen LogP contribution in [0.15, 0.2) is 53.0 Å². The van der Waals surface area contributed by atoms with Gasteiger partial charge in [-0.15, -0.1) is 0 Å². The highest BCUT2D eigenvalue weighted by molar-refractivity contribution is 6.14. The minimum absolute atomic E-state index is 0.492. The van der Waals surface area contributed by atoms with E-state index in [2.05, 4.69) is 5.32 Å². The van der Waals surface area contributed by atoms with Crippen LogP contribution in [0.3, 0.4) is 0 Å². The molecule has 2 aromatic rings. The molecule has 0 aliphatic rings. The van der Waals surface area contributed by atoms with Crippen molar-refractivity contribution >= 4 is 23.5 Å². The average Bonchev–Trinajstić information content (AvgIpc) is 2.92. The van der Waals surface area contributed by atoms with Gasteiger partial charge in [0.25, 0.3) is 0 Å². The van der Waals surface area contributed by atoms with Crippen LogP contribution in [0.5, 0.6) is 0 Å². The highest BCUT2D eigenvalue weighted by Gasteiger charge is 2.24. The first-order valence-corrected chi connectivity index (χ1v) is 6.64. The van der Waals surface area contributed by atoms with E-state index in [-0.39, 0.29) is 0 Å². The van der Waals surface area contributed by atoms with Crippen molar-refractivity contribution in [2.75, 3.05) is 5.32 Å². The zero-order valence-corrected chi connectivity index (χ0v) is 11.9. The molecule has 1 amide bonds. The smallest absolute Gasteiger partial charge is 0.249 e. The monoisotopic (exact) mass is 294 g/mol. The molecular weight excluding hydrogens is 280 g/mol. The molecule has 0 radical (unpaired) electrons. The van der Waals surface area contributed by atoms with Crippen molar-refractivity contribution in [2.24, 2.45) is 5.92 Å². The summed E-state index contributed by atoms with van der Waals surface area (Å²) in [4.78, 5) is 24.0. The summed E-state index contributed by atoms with van der Waals surface area (Å²) in [6, 6.07) is 13.8. The first-order chi connectivity index (χ1) is 10.6. The Labute approximate surface area is 127 Å². The molecule has 0 aliphatic carbocycles. The molecule has 1 aromatic heterocycles. The third-order valence-corrected chi connectivity index (χ3v) is 2.89. The molecule has 1 atom stereocenters. The van der Waals surface area contributed by atoms with Gasteiger partial charge in [0.2, 0.25) is 5.91 Å². The first kappa shape index (κ1) is 15.3. The number of aryl methyl sites for hydroxylation is 1. The number of rotatable bonds is 5. The molecule has 0 spiro atoms. The number of hydrogen-bond donors (Lipinski definition) is 1. The minimum Gasteiger partial charge on any atom is -0.462 e. The first-order valence-electron chi connectivity index (χ1n) is 6.64. The molecule has 1 heterocycles. The van der Waals surface area contributed by atoms with Gasteiger partial charge < -0.3 is 9.73 Å². The summed E-state index contributed by atoms with van der Waals surface area (Å²) in [5.74, 6) is -1.44. The summed E-state index contributed by atoms with van der Waals surface area (Å²) in [6.45, 7) is 1.78. The number of nitriles is 1. The van der Waals surface area contributed by atoms with Gasteiger partial charge in [0.05, 0.1) is 6.07 Å². The summed E-state index contributed by atoms with van der Waals surface area (Å²) in [6.07, 6.45) is 2.62. The standard InChI is InChI=1S/C17H14N2O3/c1-12-7-8-14(22-12)9-10-16(20)15(11-18)17(21)19-13-5-3-2-4-6-13/h2-10,15H,1H3,(H,19,21)/b10-9+. The zero-order valence-electron chi connectivity index (χ0n) is 11.9. The van der Waals surface area contributed by atoms with Crippen molar-refractivity contribution in [2.45, 2.75) is 6.92 Å². The maximum Gasteiger partial charge on any atom is 0.249 e. The average molecular weight is 294 g/mol. The van der Waals surface area contributed by atoms with Gasteiger partial charge in [-0.25, -0.2) is 0 Å². The Morgan fingerprint density at radius 2 is 1.95 bits per heavy atom. The van der Waals surface area contributed by atoms with E-state index in [0.29, 0.717) is 17.2 Å². The van der Waals surface area contributed by atoms with Gasteiger partial charge in [-0.1, -0.05) is 18.2 Å². The van der Waals surface area contributed by atoms with Gasteiger partial charge in [0.15, 0.2) is 11.7 Å². The number of amides is 1. The second-order valence-electron chi connectivity index (χ2n) is 4.60. The van der Waals surface area contributed by atoms with Gasteiger partial charge in [-0.05, 0) is 43.3 Å². The fourth-order valence-corrected chi connectivity index (χ4v) is 1.79. The Kier molecular flexibility index (Phi) is 4.89. The van der Waals surface area contributed by atoms with E-state index in [1.165, 1.54) is 12.2 Å². The molecule has 1 aromatic carbocycles. The third-order valence-electron chi connectivity index (χ3n) is 2.89. The summed E-state index contributed by atoms with van der Waals surface area (Å²) in [7, 11) is 0. The number of ketones is 1. The van der Waals surface area contributed by atoms with Crippen molar-refractivity contribution in [3.05, 3.63) is 60.1 Å². The van der Waals surface area contributed by atoms with E-state index >= 15 is 0 Å². The number of nitrogens with zero attached hydrogens (tertiary/aromatic N) is 1. The molecule has 5 nitrogen and oxygen atoms in total. The van der Waals surface area contributed by atoms with Gasteiger partial charge >= 0.3 is 0 Å². The lowest BCUT2D eigenvalue weighted by atomic mass is 10.0. The van der Waals surface area contributed by atoms with Crippen LogP contribution in [-0.2, 0) is 9.59 Å². The largest absolute Gasteiger partial charge is 0.462 e.